The smallest absolute Gasteiger partial charge is 0.275 e. The zero-order chi connectivity index (χ0) is 17.3. The number of piperidine rings is 1. The Kier molecular flexibility index (Phi) is 5.09. The van der Waals surface area contributed by atoms with Crippen LogP contribution in [0.15, 0.2) is 26.2 Å². The van der Waals surface area contributed by atoms with Crippen molar-refractivity contribution < 1.29 is 13.2 Å². The zero-order valence-electron chi connectivity index (χ0n) is 13.0. The van der Waals surface area contributed by atoms with Gasteiger partial charge < -0.3 is 4.90 Å². The van der Waals surface area contributed by atoms with Crippen LogP contribution in [0.3, 0.4) is 0 Å². The number of sulfonamides is 1. The van der Waals surface area contributed by atoms with E-state index in [9.17, 15) is 13.2 Å². The topological polar surface area (TPSA) is 95.2 Å². The molecule has 0 radical (unpaired) electrons. The van der Waals surface area contributed by atoms with Crippen molar-refractivity contribution in [3.63, 3.8) is 0 Å². The number of nitrogens with zero attached hydrogens (tertiary/aromatic N) is 2. The van der Waals surface area contributed by atoms with E-state index in [2.05, 4.69) is 30.8 Å². The minimum absolute atomic E-state index is 0.147. The molecule has 24 heavy (non-hydrogen) atoms. The van der Waals surface area contributed by atoms with E-state index in [1.54, 1.807) is 22.4 Å². The maximum atomic E-state index is 12.5. The molecule has 3 heterocycles. The molecule has 2 aromatic heterocycles. The summed E-state index contributed by atoms with van der Waals surface area (Å²) in [7, 11) is -3.47. The normalized spacial score (nSPS) is 16.5. The number of carbonyl (C=O) groups excluding carboxylic acids is 1. The third-order valence-electron chi connectivity index (χ3n) is 3.94. The zero-order valence-corrected chi connectivity index (χ0v) is 16.2. The molecule has 1 amide bonds. The third kappa shape index (κ3) is 3.56. The van der Waals surface area contributed by atoms with Gasteiger partial charge in [-0.3, -0.25) is 9.89 Å². The minimum atomic E-state index is -3.47. The van der Waals surface area contributed by atoms with Gasteiger partial charge in [-0.15, -0.1) is 11.3 Å². The summed E-state index contributed by atoms with van der Waals surface area (Å²) in [5.74, 6) is -0.147. The highest BCUT2D eigenvalue weighted by Gasteiger charge is 2.29. The van der Waals surface area contributed by atoms with Gasteiger partial charge >= 0.3 is 0 Å². The molecule has 10 heteroatoms. The van der Waals surface area contributed by atoms with E-state index in [1.807, 2.05) is 6.92 Å². The molecule has 0 atom stereocenters. The molecule has 2 aromatic rings. The highest BCUT2D eigenvalue weighted by Crippen LogP contribution is 2.22. The van der Waals surface area contributed by atoms with Gasteiger partial charge in [0.2, 0.25) is 10.0 Å². The number of rotatable bonds is 4. The van der Waals surface area contributed by atoms with E-state index in [-0.39, 0.29) is 11.9 Å². The summed E-state index contributed by atoms with van der Waals surface area (Å²) >= 11 is 4.55. The molecular weight excluding hydrogens is 416 g/mol. The number of aromatic amines is 1. The van der Waals surface area contributed by atoms with E-state index < -0.39 is 10.0 Å². The Bertz CT molecular complexity index is 824. The maximum Gasteiger partial charge on any atom is 0.275 e. The Morgan fingerprint density at radius 2 is 2.17 bits per heavy atom. The minimum Gasteiger partial charge on any atom is -0.337 e. The predicted octanol–water partition coefficient (Wildman–Crippen LogP) is 2.13. The van der Waals surface area contributed by atoms with Crippen molar-refractivity contribution >= 4 is 43.2 Å². The van der Waals surface area contributed by atoms with Gasteiger partial charge in [-0.25, -0.2) is 13.1 Å². The number of hydrogen-bond donors (Lipinski definition) is 2. The fourth-order valence-corrected chi connectivity index (χ4v) is 5.26. The number of likely N-dealkylation sites (tertiary alicyclic amines) is 1. The molecule has 130 valence electrons. The van der Waals surface area contributed by atoms with Gasteiger partial charge in [0.1, 0.15) is 4.21 Å². The predicted molar refractivity (Wildman–Crippen MR) is 94.6 cm³/mol. The fourth-order valence-electron chi connectivity index (χ4n) is 2.60. The van der Waals surface area contributed by atoms with Crippen LogP contribution in [0.5, 0.6) is 0 Å². The molecule has 1 aliphatic heterocycles. The molecule has 3 rings (SSSR count). The van der Waals surface area contributed by atoms with Crippen molar-refractivity contribution in [1.29, 1.82) is 0 Å². The monoisotopic (exact) mass is 432 g/mol. The Balaban J connectivity index is 1.60. The molecule has 0 aromatic carbocycles. The lowest BCUT2D eigenvalue weighted by Gasteiger charge is -2.31. The lowest BCUT2D eigenvalue weighted by Crippen LogP contribution is -2.46. The SMILES string of the molecule is Cc1[nH]nc(C(=O)N2CCC(NS(=O)(=O)c3cccs3)CC2)c1Br. The molecule has 7 nitrogen and oxygen atoms in total. The summed E-state index contributed by atoms with van der Waals surface area (Å²) in [4.78, 5) is 14.2. The first-order chi connectivity index (χ1) is 11.4. The molecule has 0 spiro atoms. The van der Waals surface area contributed by atoms with Crippen LogP contribution in [0.2, 0.25) is 0 Å². The molecule has 0 aliphatic carbocycles. The lowest BCUT2D eigenvalue weighted by atomic mass is 10.1. The van der Waals surface area contributed by atoms with Gasteiger partial charge in [0.15, 0.2) is 5.69 Å². The summed E-state index contributed by atoms with van der Waals surface area (Å²) in [5, 5.41) is 8.54. The van der Waals surface area contributed by atoms with Crippen LogP contribution in [-0.4, -0.2) is 48.6 Å². The molecule has 0 bridgehead atoms. The molecule has 1 aliphatic rings. The number of thiophene rings is 1. The summed E-state index contributed by atoms with van der Waals surface area (Å²) < 4.78 is 28.2. The average Bonchev–Trinajstić information content (AvgIpc) is 3.19. The highest BCUT2D eigenvalue weighted by molar-refractivity contribution is 9.10. The first-order valence-electron chi connectivity index (χ1n) is 7.44. The van der Waals surface area contributed by atoms with Crippen molar-refractivity contribution in [1.82, 2.24) is 19.8 Å². The Morgan fingerprint density at radius 1 is 1.46 bits per heavy atom. The van der Waals surface area contributed by atoms with Crippen LogP contribution in [0.1, 0.15) is 29.0 Å². The van der Waals surface area contributed by atoms with E-state index in [1.165, 1.54) is 11.3 Å². The van der Waals surface area contributed by atoms with Crippen LogP contribution in [0, 0.1) is 6.92 Å². The van der Waals surface area contributed by atoms with Crippen molar-refractivity contribution in [2.75, 3.05) is 13.1 Å². The number of halogens is 1. The Morgan fingerprint density at radius 3 is 2.71 bits per heavy atom. The number of nitrogens with one attached hydrogen (secondary N) is 2. The third-order valence-corrected chi connectivity index (χ3v) is 7.83. The van der Waals surface area contributed by atoms with Gasteiger partial charge in [0, 0.05) is 24.8 Å². The van der Waals surface area contributed by atoms with Crippen LogP contribution < -0.4 is 4.72 Å². The van der Waals surface area contributed by atoms with E-state index in [0.717, 1.165) is 5.69 Å². The summed E-state index contributed by atoms with van der Waals surface area (Å²) in [5.41, 5.74) is 1.17. The second kappa shape index (κ2) is 6.95. The number of H-pyrrole nitrogens is 1. The van der Waals surface area contributed by atoms with Crippen molar-refractivity contribution in [3.05, 3.63) is 33.4 Å². The largest absolute Gasteiger partial charge is 0.337 e. The van der Waals surface area contributed by atoms with Crippen molar-refractivity contribution in [2.24, 2.45) is 0 Å². The molecular formula is C14H17BrN4O3S2. The first kappa shape index (κ1) is 17.6. The van der Waals surface area contributed by atoms with Crippen LogP contribution >= 0.6 is 27.3 Å². The van der Waals surface area contributed by atoms with Crippen molar-refractivity contribution in [2.45, 2.75) is 30.0 Å². The van der Waals surface area contributed by atoms with Crippen LogP contribution in [0.25, 0.3) is 0 Å². The number of aryl methyl sites for hydroxylation is 1. The average molecular weight is 433 g/mol. The van der Waals surface area contributed by atoms with Gasteiger partial charge in [-0.2, -0.15) is 5.10 Å². The first-order valence-corrected chi connectivity index (χ1v) is 10.6. The Labute approximate surface area is 152 Å². The highest BCUT2D eigenvalue weighted by atomic mass is 79.9. The summed E-state index contributed by atoms with van der Waals surface area (Å²) in [6.45, 7) is 2.82. The van der Waals surface area contributed by atoms with Gasteiger partial charge in [0.05, 0.1) is 4.47 Å². The molecule has 0 unspecified atom stereocenters. The second-order valence-corrected chi connectivity index (χ2v) is 9.31. The van der Waals surface area contributed by atoms with Gasteiger partial charge in [-0.05, 0) is 47.1 Å². The number of carbonyl (C=O) groups is 1. The van der Waals surface area contributed by atoms with Crippen molar-refractivity contribution in [3.8, 4) is 0 Å². The van der Waals surface area contributed by atoms with Crippen LogP contribution in [0.4, 0.5) is 0 Å². The lowest BCUT2D eigenvalue weighted by molar-refractivity contribution is 0.0704. The maximum absolute atomic E-state index is 12.5. The standard InChI is InChI=1S/C14H17BrN4O3S2/c1-9-12(15)13(17-16-9)14(20)19-6-4-10(5-7-19)18-24(21,22)11-3-2-8-23-11/h2-3,8,10,18H,4-7H2,1H3,(H,16,17). The summed E-state index contributed by atoms with van der Waals surface area (Å²) in [6, 6.07) is 3.14. The molecule has 1 saturated heterocycles. The molecule has 2 N–H and O–H groups in total. The number of amides is 1. The quantitative estimate of drug-likeness (QED) is 0.773. The fraction of sp³-hybridized carbons (Fsp3) is 0.429. The second-order valence-electron chi connectivity index (χ2n) is 5.63. The van der Waals surface area contributed by atoms with Gasteiger partial charge in [0.25, 0.3) is 5.91 Å². The van der Waals surface area contributed by atoms with Crippen LogP contribution in [-0.2, 0) is 10.0 Å². The summed E-state index contributed by atoms with van der Waals surface area (Å²) in [6.07, 6.45) is 1.16. The number of hydrogen-bond acceptors (Lipinski definition) is 5. The Hall–Kier alpha value is -1.23. The van der Waals surface area contributed by atoms with E-state index in [4.69, 9.17) is 0 Å². The number of aromatic nitrogens is 2. The molecule has 0 saturated carbocycles. The van der Waals surface area contributed by atoms with E-state index in [0.29, 0.717) is 40.3 Å². The van der Waals surface area contributed by atoms with Gasteiger partial charge in [-0.1, -0.05) is 6.07 Å². The molecule has 1 fully saturated rings. The van der Waals surface area contributed by atoms with E-state index >= 15 is 0 Å².